The molecule has 3 heterocycles. The van der Waals surface area contributed by atoms with E-state index in [0.717, 1.165) is 5.56 Å². The number of fused-ring (bicyclic) bond motifs is 2. The molecule has 172 valence electrons. The summed E-state index contributed by atoms with van der Waals surface area (Å²) in [7, 11) is 1.56. The average Bonchev–Trinajstić information content (AvgIpc) is 3.26. The Morgan fingerprint density at radius 3 is 2.62 bits per heavy atom. The number of aliphatic hydroxyl groups is 1. The minimum absolute atomic E-state index is 0.189. The molecule has 0 radical (unpaired) electrons. The Kier molecular flexibility index (Phi) is 5.37. The molecule has 0 saturated heterocycles. The van der Waals surface area contributed by atoms with Crippen molar-refractivity contribution in [3.8, 4) is 5.75 Å². The molecule has 3 aromatic rings. The maximum Gasteiger partial charge on any atom is 0.417 e. The summed E-state index contributed by atoms with van der Waals surface area (Å²) in [6.07, 6.45) is -4.02. The van der Waals surface area contributed by atoms with Gasteiger partial charge in [0, 0.05) is 53.8 Å². The van der Waals surface area contributed by atoms with Crippen LogP contribution in [-0.4, -0.2) is 33.0 Å². The highest BCUT2D eigenvalue weighted by Crippen LogP contribution is 2.47. The number of H-pyrrole nitrogens is 1. The summed E-state index contributed by atoms with van der Waals surface area (Å²) >= 11 is 6.22. The predicted molar refractivity (Wildman–Crippen MR) is 117 cm³/mol. The van der Waals surface area contributed by atoms with Gasteiger partial charge in [-0.1, -0.05) is 25.4 Å². The zero-order chi connectivity index (χ0) is 23.5. The number of alkyl halides is 3. The summed E-state index contributed by atoms with van der Waals surface area (Å²) in [4.78, 5) is 14.8. The first kappa shape index (κ1) is 22.7. The van der Waals surface area contributed by atoms with E-state index < -0.39 is 30.0 Å². The Balaban J connectivity index is 1.72. The first-order valence-electron chi connectivity index (χ1n) is 10.2. The van der Waals surface area contributed by atoms with E-state index in [2.05, 4.69) is 4.98 Å². The Bertz CT molecular complexity index is 1250. The molecule has 1 unspecified atom stereocenters. The van der Waals surface area contributed by atoms with Crippen LogP contribution in [0.4, 0.5) is 13.2 Å². The SMILES string of the molecule is Cn1cc2[nH]c(CC(O)(CC(C)(C)c3cc(Cl)cc4c3OCC4)C(F)(F)F)cc2cc1=O. The van der Waals surface area contributed by atoms with Crippen LogP contribution in [0.3, 0.4) is 0 Å². The number of aromatic nitrogens is 2. The molecule has 1 atom stereocenters. The molecule has 1 aromatic carbocycles. The van der Waals surface area contributed by atoms with E-state index in [9.17, 15) is 23.1 Å². The number of benzene rings is 1. The van der Waals surface area contributed by atoms with Crippen molar-refractivity contribution in [2.24, 2.45) is 7.05 Å². The highest BCUT2D eigenvalue weighted by atomic mass is 35.5. The lowest BCUT2D eigenvalue weighted by Gasteiger charge is -2.38. The van der Waals surface area contributed by atoms with Crippen LogP contribution in [0.25, 0.3) is 10.9 Å². The number of aryl methyl sites for hydroxylation is 1. The van der Waals surface area contributed by atoms with E-state index in [1.54, 1.807) is 33.0 Å². The Hall–Kier alpha value is -2.45. The number of ether oxygens (including phenoxy) is 1. The third-order valence-corrected chi connectivity index (χ3v) is 6.33. The molecule has 0 fully saturated rings. The lowest BCUT2D eigenvalue weighted by atomic mass is 9.73. The van der Waals surface area contributed by atoms with Gasteiger partial charge in [-0.2, -0.15) is 13.2 Å². The summed E-state index contributed by atoms with van der Waals surface area (Å²) in [6.45, 7) is 3.73. The summed E-state index contributed by atoms with van der Waals surface area (Å²) in [6, 6.07) is 6.19. The van der Waals surface area contributed by atoms with Crippen LogP contribution >= 0.6 is 11.6 Å². The van der Waals surface area contributed by atoms with Crippen molar-refractivity contribution >= 4 is 22.5 Å². The minimum atomic E-state index is -4.89. The molecule has 4 rings (SSSR count). The average molecular weight is 469 g/mol. The number of hydrogen-bond acceptors (Lipinski definition) is 3. The molecule has 0 amide bonds. The molecule has 2 N–H and O–H groups in total. The van der Waals surface area contributed by atoms with Crippen LogP contribution in [0.1, 0.15) is 37.1 Å². The number of nitrogens with one attached hydrogen (secondary N) is 1. The van der Waals surface area contributed by atoms with E-state index in [-0.39, 0.29) is 11.3 Å². The number of pyridine rings is 1. The quantitative estimate of drug-likeness (QED) is 0.572. The van der Waals surface area contributed by atoms with Crippen LogP contribution < -0.4 is 10.3 Å². The lowest BCUT2D eigenvalue weighted by molar-refractivity contribution is -0.266. The fourth-order valence-corrected chi connectivity index (χ4v) is 4.78. The van der Waals surface area contributed by atoms with Gasteiger partial charge in [-0.25, -0.2) is 0 Å². The normalized spacial score (nSPS) is 16.1. The number of nitrogens with zero attached hydrogens (tertiary/aromatic N) is 1. The van der Waals surface area contributed by atoms with Crippen LogP contribution in [0.15, 0.2) is 35.3 Å². The number of aromatic amines is 1. The van der Waals surface area contributed by atoms with E-state index in [1.807, 2.05) is 0 Å². The summed E-state index contributed by atoms with van der Waals surface area (Å²) in [5.74, 6) is 0.546. The van der Waals surface area contributed by atoms with Crippen molar-refractivity contribution in [3.05, 3.63) is 62.7 Å². The molecule has 0 aliphatic carbocycles. The van der Waals surface area contributed by atoms with E-state index >= 15 is 0 Å². The molecule has 9 heteroatoms. The largest absolute Gasteiger partial charge is 0.493 e. The Labute approximate surface area is 187 Å². The summed E-state index contributed by atoms with van der Waals surface area (Å²) < 4.78 is 49.6. The van der Waals surface area contributed by atoms with E-state index in [1.165, 1.54) is 22.9 Å². The van der Waals surface area contributed by atoms with Gasteiger partial charge in [0.05, 0.1) is 12.1 Å². The van der Waals surface area contributed by atoms with Gasteiger partial charge in [-0.05, 0) is 35.6 Å². The smallest absolute Gasteiger partial charge is 0.417 e. The van der Waals surface area contributed by atoms with Crippen molar-refractivity contribution in [1.82, 2.24) is 9.55 Å². The Morgan fingerprint density at radius 1 is 1.22 bits per heavy atom. The summed E-state index contributed by atoms with van der Waals surface area (Å²) in [5, 5.41) is 11.9. The van der Waals surface area contributed by atoms with Crippen LogP contribution in [-0.2, 0) is 25.3 Å². The number of rotatable bonds is 5. The van der Waals surface area contributed by atoms with Gasteiger partial charge in [0.25, 0.3) is 5.56 Å². The molecular weight excluding hydrogens is 445 g/mol. The molecule has 1 aliphatic rings. The zero-order valence-corrected chi connectivity index (χ0v) is 18.7. The van der Waals surface area contributed by atoms with Crippen molar-refractivity contribution in [3.63, 3.8) is 0 Å². The van der Waals surface area contributed by atoms with Crippen molar-refractivity contribution in [2.75, 3.05) is 6.61 Å². The first-order chi connectivity index (χ1) is 14.8. The second-order valence-corrected chi connectivity index (χ2v) is 9.63. The van der Waals surface area contributed by atoms with Crippen molar-refractivity contribution in [1.29, 1.82) is 0 Å². The van der Waals surface area contributed by atoms with Gasteiger partial charge < -0.3 is 19.4 Å². The second kappa shape index (κ2) is 7.56. The molecule has 1 aliphatic heterocycles. The van der Waals surface area contributed by atoms with E-state index in [0.29, 0.717) is 40.3 Å². The molecule has 0 saturated carbocycles. The van der Waals surface area contributed by atoms with Crippen LogP contribution in [0.2, 0.25) is 5.02 Å². The van der Waals surface area contributed by atoms with Gasteiger partial charge >= 0.3 is 6.18 Å². The van der Waals surface area contributed by atoms with Crippen LogP contribution in [0.5, 0.6) is 5.75 Å². The second-order valence-electron chi connectivity index (χ2n) is 9.19. The van der Waals surface area contributed by atoms with Crippen molar-refractivity contribution < 1.29 is 23.0 Å². The maximum atomic E-state index is 14.2. The molecule has 0 bridgehead atoms. The third kappa shape index (κ3) is 4.01. The molecule has 5 nitrogen and oxygen atoms in total. The standard InChI is InChI=1S/C23H24ClF3N2O3/c1-21(2,17-9-15(24)6-13-4-5-32-20(13)17)12-22(31,23(25,26)27)10-16-7-14-8-19(30)29(3)11-18(14)28-16/h6-9,11,28,31H,4-5,10,12H2,1-3H3. The van der Waals surface area contributed by atoms with Crippen molar-refractivity contribution in [2.45, 2.75) is 50.3 Å². The topological polar surface area (TPSA) is 67.2 Å². The molecule has 32 heavy (non-hydrogen) atoms. The maximum absolute atomic E-state index is 14.2. The van der Waals surface area contributed by atoms with Gasteiger partial charge in [0.15, 0.2) is 5.60 Å². The van der Waals surface area contributed by atoms with Gasteiger partial charge in [-0.3, -0.25) is 4.79 Å². The van der Waals surface area contributed by atoms with Crippen LogP contribution in [0, 0.1) is 0 Å². The number of hydrogen-bond donors (Lipinski definition) is 2. The molecule has 2 aromatic heterocycles. The summed E-state index contributed by atoms with van der Waals surface area (Å²) in [5.41, 5.74) is -2.28. The fraction of sp³-hybridized carbons (Fsp3) is 0.435. The Morgan fingerprint density at radius 2 is 1.94 bits per heavy atom. The lowest BCUT2D eigenvalue weighted by Crippen LogP contribution is -2.51. The van der Waals surface area contributed by atoms with Gasteiger partial charge in [-0.15, -0.1) is 0 Å². The highest BCUT2D eigenvalue weighted by molar-refractivity contribution is 6.30. The van der Waals surface area contributed by atoms with E-state index in [4.69, 9.17) is 16.3 Å². The van der Waals surface area contributed by atoms with Gasteiger partial charge in [0.2, 0.25) is 0 Å². The first-order valence-corrected chi connectivity index (χ1v) is 10.6. The zero-order valence-electron chi connectivity index (χ0n) is 17.9. The fourth-order valence-electron chi connectivity index (χ4n) is 4.54. The molecule has 0 spiro atoms. The number of halogens is 4. The van der Waals surface area contributed by atoms with Gasteiger partial charge in [0.1, 0.15) is 5.75 Å². The molecular formula is C23H24ClF3N2O3. The third-order valence-electron chi connectivity index (χ3n) is 6.11. The highest BCUT2D eigenvalue weighted by Gasteiger charge is 2.56. The minimum Gasteiger partial charge on any atom is -0.493 e. The monoisotopic (exact) mass is 468 g/mol. The predicted octanol–water partition coefficient (Wildman–Crippen LogP) is 4.66.